The Morgan fingerprint density at radius 1 is 1.37 bits per heavy atom. The smallest absolute Gasteiger partial charge is 0.223 e. The van der Waals surface area contributed by atoms with E-state index in [9.17, 15) is 9.90 Å². The first-order chi connectivity index (χ1) is 9.03. The van der Waals surface area contributed by atoms with E-state index in [-0.39, 0.29) is 18.1 Å². The van der Waals surface area contributed by atoms with Gasteiger partial charge in [0.1, 0.15) is 0 Å². The number of ether oxygens (including phenoxy) is 1. The number of aliphatic hydroxyl groups excluding tert-OH is 1. The summed E-state index contributed by atoms with van der Waals surface area (Å²) in [7, 11) is 1.69. The fraction of sp³-hybridized carbons (Fsp3) is 0.933. The van der Waals surface area contributed by atoms with Crippen molar-refractivity contribution in [2.45, 2.75) is 69.4 Å². The van der Waals surface area contributed by atoms with E-state index in [0.29, 0.717) is 12.3 Å². The number of hydrogen-bond acceptors (Lipinski definition) is 3. The van der Waals surface area contributed by atoms with Crippen LogP contribution in [-0.2, 0) is 9.53 Å². The van der Waals surface area contributed by atoms with Gasteiger partial charge in [-0.25, -0.2) is 0 Å². The van der Waals surface area contributed by atoms with Gasteiger partial charge in [0.25, 0.3) is 0 Å². The predicted octanol–water partition coefficient (Wildman–Crippen LogP) is 2.00. The van der Waals surface area contributed by atoms with Crippen molar-refractivity contribution in [2.24, 2.45) is 5.92 Å². The molecule has 2 N–H and O–H groups in total. The summed E-state index contributed by atoms with van der Waals surface area (Å²) in [5, 5.41) is 12.8. The molecule has 2 saturated carbocycles. The molecule has 0 aliphatic heterocycles. The lowest BCUT2D eigenvalue weighted by Crippen LogP contribution is -2.56. The van der Waals surface area contributed by atoms with Crippen molar-refractivity contribution in [1.29, 1.82) is 0 Å². The zero-order valence-corrected chi connectivity index (χ0v) is 12.2. The van der Waals surface area contributed by atoms with Gasteiger partial charge in [-0.1, -0.05) is 19.8 Å². The Balaban J connectivity index is 1.92. The average Bonchev–Trinajstić information content (AvgIpc) is 2.34. The van der Waals surface area contributed by atoms with Crippen LogP contribution >= 0.6 is 0 Å². The number of aliphatic hydroxyl groups is 1. The van der Waals surface area contributed by atoms with Crippen LogP contribution in [0.15, 0.2) is 0 Å². The van der Waals surface area contributed by atoms with E-state index in [0.717, 1.165) is 38.5 Å². The molecule has 2 fully saturated rings. The molecule has 2 rings (SSSR count). The van der Waals surface area contributed by atoms with E-state index < -0.39 is 5.54 Å². The first-order valence-electron chi connectivity index (χ1n) is 7.50. The second kappa shape index (κ2) is 5.80. The molecule has 4 heteroatoms. The first kappa shape index (κ1) is 14.8. The Bertz CT molecular complexity index is 322. The van der Waals surface area contributed by atoms with E-state index in [2.05, 4.69) is 12.2 Å². The van der Waals surface area contributed by atoms with Gasteiger partial charge < -0.3 is 15.2 Å². The summed E-state index contributed by atoms with van der Waals surface area (Å²) in [6.45, 7) is 2.24. The summed E-state index contributed by atoms with van der Waals surface area (Å²) in [6, 6.07) is 0. The van der Waals surface area contributed by atoms with Crippen LogP contribution in [-0.4, -0.2) is 35.9 Å². The Morgan fingerprint density at radius 2 is 2.11 bits per heavy atom. The summed E-state index contributed by atoms with van der Waals surface area (Å²) in [5.74, 6) is 0.603. The van der Waals surface area contributed by atoms with Gasteiger partial charge in [-0.3, -0.25) is 4.79 Å². The molecule has 0 aromatic heterocycles. The molecule has 2 aliphatic carbocycles. The van der Waals surface area contributed by atoms with Gasteiger partial charge in [-0.15, -0.1) is 0 Å². The van der Waals surface area contributed by atoms with Crippen LogP contribution in [0, 0.1) is 5.92 Å². The van der Waals surface area contributed by atoms with E-state index in [1.165, 1.54) is 6.42 Å². The highest BCUT2D eigenvalue weighted by Gasteiger charge is 2.41. The third-order valence-electron chi connectivity index (χ3n) is 4.98. The first-order valence-corrected chi connectivity index (χ1v) is 7.50. The number of carbonyl (C=O) groups is 1. The quantitative estimate of drug-likeness (QED) is 0.802. The van der Waals surface area contributed by atoms with Crippen molar-refractivity contribution in [2.75, 3.05) is 13.7 Å². The van der Waals surface area contributed by atoms with Gasteiger partial charge in [0.05, 0.1) is 24.2 Å². The van der Waals surface area contributed by atoms with Crippen molar-refractivity contribution in [1.82, 2.24) is 5.32 Å². The molecule has 0 aromatic carbocycles. The highest BCUT2D eigenvalue weighted by molar-refractivity contribution is 5.78. The Labute approximate surface area is 115 Å². The van der Waals surface area contributed by atoms with E-state index >= 15 is 0 Å². The fourth-order valence-electron chi connectivity index (χ4n) is 3.61. The normalized spacial score (nSPS) is 33.5. The summed E-state index contributed by atoms with van der Waals surface area (Å²) < 4.78 is 5.50. The molecule has 0 bridgehead atoms. The summed E-state index contributed by atoms with van der Waals surface area (Å²) in [5.41, 5.74) is -0.631. The van der Waals surface area contributed by atoms with Crippen LogP contribution in [0.4, 0.5) is 0 Å². The number of hydrogen-bond donors (Lipinski definition) is 2. The van der Waals surface area contributed by atoms with Gasteiger partial charge in [0.2, 0.25) is 5.91 Å². The van der Waals surface area contributed by atoms with Crippen molar-refractivity contribution < 1.29 is 14.6 Å². The lowest BCUT2D eigenvalue weighted by atomic mass is 9.75. The van der Waals surface area contributed by atoms with E-state index in [4.69, 9.17) is 4.74 Å². The van der Waals surface area contributed by atoms with Crippen LogP contribution in [0.25, 0.3) is 0 Å². The molecule has 0 radical (unpaired) electrons. The average molecular weight is 269 g/mol. The topological polar surface area (TPSA) is 58.6 Å². The number of nitrogens with one attached hydrogen (secondary N) is 1. The molecular weight excluding hydrogens is 242 g/mol. The minimum absolute atomic E-state index is 0.0321. The maximum Gasteiger partial charge on any atom is 0.223 e. The second-order valence-corrected chi connectivity index (χ2v) is 6.61. The molecule has 0 saturated heterocycles. The SMILES string of the molecule is COC1(CC(=O)NC2(CO)CCCC(C)C2)CCC1. The van der Waals surface area contributed by atoms with Gasteiger partial charge in [-0.05, 0) is 38.0 Å². The summed E-state index contributed by atoms with van der Waals surface area (Å²) in [4.78, 5) is 12.2. The number of amides is 1. The summed E-state index contributed by atoms with van der Waals surface area (Å²) in [6.07, 6.45) is 7.56. The second-order valence-electron chi connectivity index (χ2n) is 6.61. The van der Waals surface area contributed by atoms with Crippen molar-refractivity contribution in [3.8, 4) is 0 Å². The summed E-state index contributed by atoms with van der Waals surface area (Å²) >= 11 is 0. The molecule has 2 unspecified atom stereocenters. The number of carbonyl (C=O) groups excluding carboxylic acids is 1. The molecule has 1 amide bonds. The predicted molar refractivity (Wildman–Crippen MR) is 73.8 cm³/mol. The van der Waals surface area contributed by atoms with Crippen LogP contribution in [0.1, 0.15) is 58.3 Å². The maximum absolute atomic E-state index is 12.2. The van der Waals surface area contributed by atoms with Crippen LogP contribution < -0.4 is 5.32 Å². The highest BCUT2D eigenvalue weighted by atomic mass is 16.5. The minimum atomic E-state index is -0.395. The van der Waals surface area contributed by atoms with Crippen molar-refractivity contribution >= 4 is 5.91 Å². The largest absolute Gasteiger partial charge is 0.394 e. The third-order valence-corrected chi connectivity index (χ3v) is 4.98. The van der Waals surface area contributed by atoms with Crippen molar-refractivity contribution in [3.05, 3.63) is 0 Å². The number of methoxy groups -OCH3 is 1. The molecule has 110 valence electrons. The minimum Gasteiger partial charge on any atom is -0.394 e. The standard InChI is InChI=1S/C15H27NO3/c1-12-5-3-6-14(9-12,11-17)16-13(18)10-15(19-2)7-4-8-15/h12,17H,3-11H2,1-2H3,(H,16,18). The Kier molecular flexibility index (Phi) is 4.51. The number of rotatable bonds is 5. The molecule has 2 aliphatic rings. The third kappa shape index (κ3) is 3.29. The van der Waals surface area contributed by atoms with Gasteiger partial charge in [0, 0.05) is 7.11 Å². The maximum atomic E-state index is 12.2. The fourth-order valence-corrected chi connectivity index (χ4v) is 3.61. The highest BCUT2D eigenvalue weighted by Crippen LogP contribution is 2.38. The molecule has 4 nitrogen and oxygen atoms in total. The van der Waals surface area contributed by atoms with E-state index in [1.54, 1.807) is 7.11 Å². The molecule has 0 heterocycles. The lowest BCUT2D eigenvalue weighted by molar-refractivity contribution is -0.137. The van der Waals surface area contributed by atoms with Gasteiger partial charge in [-0.2, -0.15) is 0 Å². The Hall–Kier alpha value is -0.610. The van der Waals surface area contributed by atoms with Crippen LogP contribution in [0.5, 0.6) is 0 Å². The zero-order valence-electron chi connectivity index (χ0n) is 12.2. The van der Waals surface area contributed by atoms with E-state index in [1.807, 2.05) is 0 Å². The molecule has 0 aromatic rings. The van der Waals surface area contributed by atoms with Gasteiger partial charge >= 0.3 is 0 Å². The molecular formula is C15H27NO3. The molecule has 0 spiro atoms. The van der Waals surface area contributed by atoms with Crippen LogP contribution in [0.3, 0.4) is 0 Å². The molecule has 19 heavy (non-hydrogen) atoms. The monoisotopic (exact) mass is 269 g/mol. The van der Waals surface area contributed by atoms with Crippen molar-refractivity contribution in [3.63, 3.8) is 0 Å². The zero-order chi connectivity index (χ0) is 13.9. The lowest BCUT2D eigenvalue weighted by Gasteiger charge is -2.43. The van der Waals surface area contributed by atoms with Gasteiger partial charge in [0.15, 0.2) is 0 Å². The van der Waals surface area contributed by atoms with Crippen LogP contribution in [0.2, 0.25) is 0 Å². The molecule has 2 atom stereocenters. The Morgan fingerprint density at radius 3 is 2.58 bits per heavy atom.